The lowest BCUT2D eigenvalue weighted by molar-refractivity contribution is -0.148. The van der Waals surface area contributed by atoms with Crippen LogP contribution in [0.15, 0.2) is 11.4 Å². The van der Waals surface area contributed by atoms with Crippen molar-refractivity contribution in [2.75, 3.05) is 13.1 Å². The summed E-state index contributed by atoms with van der Waals surface area (Å²) in [5, 5.41) is 1.95. The predicted octanol–water partition coefficient (Wildman–Crippen LogP) is 3.25. The number of hydrogen-bond donors (Lipinski definition) is 0. The van der Waals surface area contributed by atoms with Crippen LogP contribution in [0.25, 0.3) is 0 Å². The van der Waals surface area contributed by atoms with Gasteiger partial charge in [0.05, 0.1) is 17.4 Å². The molecular formula is C16H23NO3S. The standard InChI is InChI=1S/C16H23NO3S/c1-11(2)20-14(18)9-13-5-4-7-17(10-13)16(19)15-12(3)6-8-21-15/h6,8,11,13H,4-5,7,9-10H2,1-3H3. The summed E-state index contributed by atoms with van der Waals surface area (Å²) in [6.07, 6.45) is 2.27. The lowest BCUT2D eigenvalue weighted by atomic mass is 9.94. The second kappa shape index (κ2) is 7.07. The smallest absolute Gasteiger partial charge is 0.306 e. The number of ether oxygens (including phenoxy) is 1. The number of amides is 1. The van der Waals surface area contributed by atoms with Gasteiger partial charge in [-0.3, -0.25) is 9.59 Å². The van der Waals surface area contributed by atoms with Gasteiger partial charge in [-0.15, -0.1) is 11.3 Å². The molecule has 0 spiro atoms. The van der Waals surface area contributed by atoms with Crippen molar-refractivity contribution in [3.05, 3.63) is 21.9 Å². The Morgan fingerprint density at radius 3 is 2.86 bits per heavy atom. The highest BCUT2D eigenvalue weighted by atomic mass is 32.1. The second-order valence-corrected chi connectivity index (χ2v) is 6.85. The number of esters is 1. The maximum Gasteiger partial charge on any atom is 0.306 e. The minimum absolute atomic E-state index is 0.0763. The Hall–Kier alpha value is -1.36. The molecule has 1 amide bonds. The molecule has 0 aliphatic carbocycles. The first kappa shape index (κ1) is 16.0. The molecule has 0 saturated carbocycles. The van der Waals surface area contributed by atoms with Crippen molar-refractivity contribution in [3.8, 4) is 0 Å². The van der Waals surface area contributed by atoms with Gasteiger partial charge in [0.15, 0.2) is 0 Å². The fourth-order valence-corrected chi connectivity index (χ4v) is 3.59. The Labute approximate surface area is 130 Å². The number of piperidine rings is 1. The molecular weight excluding hydrogens is 286 g/mol. The van der Waals surface area contributed by atoms with E-state index >= 15 is 0 Å². The zero-order chi connectivity index (χ0) is 15.4. The average Bonchev–Trinajstić information content (AvgIpc) is 2.83. The molecule has 2 heterocycles. The molecule has 5 heteroatoms. The largest absolute Gasteiger partial charge is 0.463 e. The molecule has 1 fully saturated rings. The Morgan fingerprint density at radius 1 is 1.48 bits per heavy atom. The number of hydrogen-bond acceptors (Lipinski definition) is 4. The van der Waals surface area contributed by atoms with E-state index in [0.29, 0.717) is 13.0 Å². The minimum Gasteiger partial charge on any atom is -0.463 e. The van der Waals surface area contributed by atoms with Crippen LogP contribution in [0.1, 0.15) is 48.3 Å². The maximum absolute atomic E-state index is 12.5. The first-order chi connectivity index (χ1) is 9.97. The van der Waals surface area contributed by atoms with Gasteiger partial charge in [0.25, 0.3) is 5.91 Å². The second-order valence-electron chi connectivity index (χ2n) is 5.93. The first-order valence-corrected chi connectivity index (χ1v) is 8.38. The monoisotopic (exact) mass is 309 g/mol. The zero-order valence-electron chi connectivity index (χ0n) is 12.9. The van der Waals surface area contributed by atoms with Gasteiger partial charge >= 0.3 is 5.97 Å². The van der Waals surface area contributed by atoms with Gasteiger partial charge in [0, 0.05) is 13.1 Å². The van der Waals surface area contributed by atoms with Crippen LogP contribution >= 0.6 is 11.3 Å². The molecule has 1 unspecified atom stereocenters. The van der Waals surface area contributed by atoms with Crippen molar-refractivity contribution in [1.29, 1.82) is 0 Å². The summed E-state index contributed by atoms with van der Waals surface area (Å²) in [5.74, 6) is 0.162. The van der Waals surface area contributed by atoms with Crippen molar-refractivity contribution in [3.63, 3.8) is 0 Å². The molecule has 0 bridgehead atoms. The van der Waals surface area contributed by atoms with E-state index in [1.165, 1.54) is 11.3 Å². The van der Waals surface area contributed by atoms with E-state index in [4.69, 9.17) is 4.74 Å². The molecule has 0 radical (unpaired) electrons. The highest BCUT2D eigenvalue weighted by Gasteiger charge is 2.27. The molecule has 116 valence electrons. The van der Waals surface area contributed by atoms with Crippen LogP contribution in [0.3, 0.4) is 0 Å². The lowest BCUT2D eigenvalue weighted by Crippen LogP contribution is -2.40. The normalized spacial score (nSPS) is 18.9. The number of rotatable bonds is 4. The third kappa shape index (κ3) is 4.30. The molecule has 1 aromatic rings. The van der Waals surface area contributed by atoms with E-state index in [9.17, 15) is 9.59 Å². The molecule has 2 rings (SSSR count). The minimum atomic E-state index is -0.156. The molecule has 21 heavy (non-hydrogen) atoms. The number of carbonyl (C=O) groups excluding carboxylic acids is 2. The lowest BCUT2D eigenvalue weighted by Gasteiger charge is -2.32. The molecule has 1 atom stereocenters. The van der Waals surface area contributed by atoms with E-state index in [-0.39, 0.29) is 23.9 Å². The van der Waals surface area contributed by atoms with Gasteiger partial charge in [-0.1, -0.05) is 0 Å². The van der Waals surface area contributed by atoms with Crippen molar-refractivity contribution >= 4 is 23.2 Å². The Bertz CT molecular complexity index is 509. The van der Waals surface area contributed by atoms with Crippen LogP contribution in [0.2, 0.25) is 0 Å². The number of likely N-dealkylation sites (tertiary alicyclic amines) is 1. The average molecular weight is 309 g/mol. The topological polar surface area (TPSA) is 46.6 Å². The van der Waals surface area contributed by atoms with Crippen LogP contribution in [0, 0.1) is 12.8 Å². The van der Waals surface area contributed by atoms with E-state index in [1.807, 2.05) is 37.1 Å². The Kier molecular flexibility index (Phi) is 5.39. The maximum atomic E-state index is 12.5. The molecule has 1 saturated heterocycles. The number of aryl methyl sites for hydroxylation is 1. The van der Waals surface area contributed by atoms with Gasteiger partial charge in [0.1, 0.15) is 0 Å². The van der Waals surface area contributed by atoms with E-state index in [1.54, 1.807) is 0 Å². The van der Waals surface area contributed by atoms with Crippen molar-refractivity contribution in [2.45, 2.75) is 46.1 Å². The van der Waals surface area contributed by atoms with Gasteiger partial charge in [-0.2, -0.15) is 0 Å². The van der Waals surface area contributed by atoms with E-state index < -0.39 is 0 Å². The molecule has 0 aromatic carbocycles. The van der Waals surface area contributed by atoms with E-state index in [0.717, 1.165) is 29.8 Å². The SMILES string of the molecule is Cc1ccsc1C(=O)N1CCCC(CC(=O)OC(C)C)C1. The summed E-state index contributed by atoms with van der Waals surface area (Å²) in [4.78, 5) is 27.0. The molecule has 1 aliphatic heterocycles. The van der Waals surface area contributed by atoms with Crippen LogP contribution in [-0.2, 0) is 9.53 Å². The van der Waals surface area contributed by atoms with Gasteiger partial charge < -0.3 is 9.64 Å². The summed E-state index contributed by atoms with van der Waals surface area (Å²) in [6, 6.07) is 1.97. The molecule has 1 aliphatic rings. The third-order valence-electron chi connectivity index (χ3n) is 3.69. The molecule has 0 N–H and O–H groups in total. The Morgan fingerprint density at radius 2 is 2.24 bits per heavy atom. The summed E-state index contributed by atoms with van der Waals surface area (Å²) in [6.45, 7) is 7.11. The Balaban J connectivity index is 1.93. The molecule has 1 aromatic heterocycles. The van der Waals surface area contributed by atoms with Gasteiger partial charge in [0.2, 0.25) is 0 Å². The first-order valence-electron chi connectivity index (χ1n) is 7.50. The van der Waals surface area contributed by atoms with Crippen LogP contribution in [0.5, 0.6) is 0 Å². The summed E-state index contributed by atoms with van der Waals surface area (Å²) in [7, 11) is 0. The third-order valence-corrected chi connectivity index (χ3v) is 4.69. The summed E-state index contributed by atoms with van der Waals surface area (Å²) >= 11 is 1.49. The summed E-state index contributed by atoms with van der Waals surface area (Å²) < 4.78 is 5.20. The number of carbonyl (C=O) groups is 2. The number of nitrogens with zero attached hydrogens (tertiary/aromatic N) is 1. The number of thiophene rings is 1. The fraction of sp³-hybridized carbons (Fsp3) is 0.625. The van der Waals surface area contributed by atoms with Crippen LogP contribution in [0.4, 0.5) is 0 Å². The summed E-state index contributed by atoms with van der Waals surface area (Å²) in [5.41, 5.74) is 1.03. The van der Waals surface area contributed by atoms with Crippen LogP contribution < -0.4 is 0 Å². The van der Waals surface area contributed by atoms with Gasteiger partial charge in [-0.25, -0.2) is 0 Å². The van der Waals surface area contributed by atoms with Crippen molar-refractivity contribution < 1.29 is 14.3 Å². The quantitative estimate of drug-likeness (QED) is 0.802. The van der Waals surface area contributed by atoms with Gasteiger partial charge in [-0.05, 0) is 56.5 Å². The van der Waals surface area contributed by atoms with Crippen molar-refractivity contribution in [1.82, 2.24) is 4.90 Å². The molecule has 4 nitrogen and oxygen atoms in total. The van der Waals surface area contributed by atoms with E-state index in [2.05, 4.69) is 0 Å². The highest BCUT2D eigenvalue weighted by Crippen LogP contribution is 2.24. The zero-order valence-corrected chi connectivity index (χ0v) is 13.7. The predicted molar refractivity (Wildman–Crippen MR) is 83.5 cm³/mol. The highest BCUT2D eigenvalue weighted by molar-refractivity contribution is 7.12. The van der Waals surface area contributed by atoms with Crippen molar-refractivity contribution in [2.24, 2.45) is 5.92 Å². The van der Waals surface area contributed by atoms with Crippen LogP contribution in [-0.4, -0.2) is 36.0 Å². The fourth-order valence-electron chi connectivity index (χ4n) is 2.70.